The molecule has 28 heavy (non-hydrogen) atoms. The van der Waals surface area contributed by atoms with E-state index in [2.05, 4.69) is 23.7 Å². The lowest BCUT2D eigenvalue weighted by Crippen LogP contribution is -2.40. The summed E-state index contributed by atoms with van der Waals surface area (Å²) in [7, 11) is 0. The lowest BCUT2D eigenvalue weighted by molar-refractivity contribution is 0.0724. The molecule has 148 valence electrons. The maximum Gasteiger partial charge on any atom is 0.257 e. The molecule has 0 spiro atoms. The summed E-state index contributed by atoms with van der Waals surface area (Å²) in [4.78, 5) is 37.1. The largest absolute Gasteiger partial charge is 0.328 e. The molecule has 0 radical (unpaired) electrons. The molecule has 7 heteroatoms. The molecule has 0 bridgehead atoms. The molecule has 1 saturated heterocycles. The highest BCUT2D eigenvalue weighted by atomic mass is 19.1. The SMILES string of the molecule is CC(C)N1CCc2nc(C3CCCN3C(=O)c3ccccc3F)[nH]c(=O)c2C1. The molecule has 1 fully saturated rings. The van der Waals surface area contributed by atoms with Gasteiger partial charge in [0.2, 0.25) is 0 Å². The minimum absolute atomic E-state index is 0.0577. The van der Waals surface area contributed by atoms with Crippen LogP contribution in [0.2, 0.25) is 0 Å². The van der Waals surface area contributed by atoms with E-state index in [4.69, 9.17) is 4.98 Å². The van der Waals surface area contributed by atoms with Crippen molar-refractivity contribution in [3.8, 4) is 0 Å². The molecule has 2 aromatic rings. The minimum atomic E-state index is -0.529. The highest BCUT2D eigenvalue weighted by Gasteiger charge is 2.34. The van der Waals surface area contributed by atoms with E-state index in [1.807, 2.05) is 0 Å². The van der Waals surface area contributed by atoms with E-state index < -0.39 is 5.82 Å². The van der Waals surface area contributed by atoms with Crippen LogP contribution in [0.4, 0.5) is 4.39 Å². The Morgan fingerprint density at radius 1 is 1.29 bits per heavy atom. The van der Waals surface area contributed by atoms with Gasteiger partial charge in [-0.3, -0.25) is 14.5 Å². The molecule has 2 aliphatic rings. The van der Waals surface area contributed by atoms with Gasteiger partial charge in [-0.25, -0.2) is 9.37 Å². The molecule has 1 amide bonds. The molecule has 1 aromatic carbocycles. The fraction of sp³-hybridized carbons (Fsp3) is 0.476. The quantitative estimate of drug-likeness (QED) is 0.883. The molecule has 1 N–H and O–H groups in total. The predicted octanol–water partition coefficient (Wildman–Crippen LogP) is 2.65. The van der Waals surface area contributed by atoms with Gasteiger partial charge in [0.05, 0.1) is 22.9 Å². The summed E-state index contributed by atoms with van der Waals surface area (Å²) in [6, 6.07) is 6.05. The van der Waals surface area contributed by atoms with Crippen LogP contribution in [-0.4, -0.2) is 44.8 Å². The predicted molar refractivity (Wildman–Crippen MR) is 104 cm³/mol. The van der Waals surface area contributed by atoms with Gasteiger partial charge in [-0.05, 0) is 38.8 Å². The van der Waals surface area contributed by atoms with Crippen molar-refractivity contribution in [2.45, 2.75) is 51.7 Å². The Morgan fingerprint density at radius 3 is 2.82 bits per heavy atom. The van der Waals surface area contributed by atoms with Gasteiger partial charge in [0.15, 0.2) is 0 Å². The molecule has 0 saturated carbocycles. The monoisotopic (exact) mass is 384 g/mol. The van der Waals surface area contributed by atoms with Crippen molar-refractivity contribution in [1.82, 2.24) is 19.8 Å². The van der Waals surface area contributed by atoms with E-state index in [0.29, 0.717) is 36.9 Å². The smallest absolute Gasteiger partial charge is 0.257 e. The van der Waals surface area contributed by atoms with Crippen LogP contribution in [0.25, 0.3) is 0 Å². The third kappa shape index (κ3) is 3.35. The van der Waals surface area contributed by atoms with Crippen molar-refractivity contribution in [2.75, 3.05) is 13.1 Å². The van der Waals surface area contributed by atoms with E-state index in [-0.39, 0.29) is 23.1 Å². The molecule has 1 atom stereocenters. The number of benzene rings is 1. The van der Waals surface area contributed by atoms with Crippen LogP contribution in [0.5, 0.6) is 0 Å². The van der Waals surface area contributed by atoms with Crippen molar-refractivity contribution in [2.24, 2.45) is 0 Å². The normalized spacial score (nSPS) is 19.9. The number of rotatable bonds is 3. The zero-order chi connectivity index (χ0) is 19.8. The molecule has 6 nitrogen and oxygen atoms in total. The Labute approximate surface area is 163 Å². The highest BCUT2D eigenvalue weighted by molar-refractivity contribution is 5.94. The van der Waals surface area contributed by atoms with Crippen LogP contribution in [-0.2, 0) is 13.0 Å². The Morgan fingerprint density at radius 2 is 2.07 bits per heavy atom. The Bertz CT molecular complexity index is 956. The lowest BCUT2D eigenvalue weighted by atomic mass is 10.0. The van der Waals surface area contributed by atoms with Crippen molar-refractivity contribution < 1.29 is 9.18 Å². The van der Waals surface area contributed by atoms with Crippen molar-refractivity contribution in [3.05, 3.63) is 63.1 Å². The van der Waals surface area contributed by atoms with Gasteiger partial charge in [-0.15, -0.1) is 0 Å². The van der Waals surface area contributed by atoms with Crippen LogP contribution in [0.3, 0.4) is 0 Å². The average Bonchev–Trinajstić information content (AvgIpc) is 3.17. The number of hydrogen-bond acceptors (Lipinski definition) is 4. The van der Waals surface area contributed by atoms with E-state index in [1.54, 1.807) is 17.0 Å². The first kappa shape index (κ1) is 18.8. The summed E-state index contributed by atoms with van der Waals surface area (Å²) < 4.78 is 14.1. The number of carbonyl (C=O) groups is 1. The van der Waals surface area contributed by atoms with E-state index in [1.165, 1.54) is 12.1 Å². The molecule has 2 aliphatic heterocycles. The van der Waals surface area contributed by atoms with Gasteiger partial charge < -0.3 is 9.88 Å². The van der Waals surface area contributed by atoms with Crippen LogP contribution in [0, 0.1) is 5.82 Å². The van der Waals surface area contributed by atoms with Crippen LogP contribution >= 0.6 is 0 Å². The van der Waals surface area contributed by atoms with E-state index >= 15 is 0 Å². The van der Waals surface area contributed by atoms with Gasteiger partial charge in [0, 0.05) is 32.1 Å². The molecule has 4 rings (SSSR count). The molecular formula is C21H25FN4O2. The summed E-state index contributed by atoms with van der Waals surface area (Å²) in [6.45, 7) is 6.22. The standard InChI is InChI=1S/C21H25FN4O2/c1-13(2)25-11-9-17-15(12-25)20(27)24-19(23-17)18-8-5-10-26(18)21(28)14-6-3-4-7-16(14)22/h3-4,6-7,13,18H,5,8-12H2,1-2H3,(H,23,24,27). The number of likely N-dealkylation sites (tertiary alicyclic amines) is 1. The second kappa shape index (κ2) is 7.47. The fourth-order valence-electron chi connectivity index (χ4n) is 4.15. The van der Waals surface area contributed by atoms with Gasteiger partial charge in [0.25, 0.3) is 11.5 Å². The molecular weight excluding hydrogens is 359 g/mol. The minimum Gasteiger partial charge on any atom is -0.328 e. The first-order valence-electron chi connectivity index (χ1n) is 9.87. The lowest BCUT2D eigenvalue weighted by Gasteiger charge is -2.31. The van der Waals surface area contributed by atoms with E-state index in [0.717, 1.165) is 25.1 Å². The maximum absolute atomic E-state index is 14.1. The summed E-state index contributed by atoms with van der Waals surface area (Å²) in [5, 5.41) is 0. The van der Waals surface area contributed by atoms with Gasteiger partial charge in [0.1, 0.15) is 11.6 Å². The van der Waals surface area contributed by atoms with Crippen molar-refractivity contribution in [1.29, 1.82) is 0 Å². The highest BCUT2D eigenvalue weighted by Crippen LogP contribution is 2.32. The zero-order valence-corrected chi connectivity index (χ0v) is 16.2. The van der Waals surface area contributed by atoms with Crippen molar-refractivity contribution in [3.63, 3.8) is 0 Å². The summed E-state index contributed by atoms with van der Waals surface area (Å²) in [6.07, 6.45) is 2.23. The number of amides is 1. The van der Waals surface area contributed by atoms with Crippen LogP contribution in [0.1, 0.15) is 60.2 Å². The molecule has 3 heterocycles. The third-order valence-corrected chi connectivity index (χ3v) is 5.78. The first-order valence-corrected chi connectivity index (χ1v) is 9.87. The Hall–Kier alpha value is -2.54. The average molecular weight is 384 g/mol. The molecule has 1 unspecified atom stereocenters. The number of hydrogen-bond donors (Lipinski definition) is 1. The summed E-state index contributed by atoms with van der Waals surface area (Å²) in [5.74, 6) is -0.366. The second-order valence-corrected chi connectivity index (χ2v) is 7.83. The number of nitrogens with one attached hydrogen (secondary N) is 1. The second-order valence-electron chi connectivity index (χ2n) is 7.83. The number of fused-ring (bicyclic) bond motifs is 1. The van der Waals surface area contributed by atoms with Gasteiger partial charge in [-0.1, -0.05) is 12.1 Å². The topological polar surface area (TPSA) is 69.3 Å². The van der Waals surface area contributed by atoms with Crippen LogP contribution < -0.4 is 5.56 Å². The number of aromatic nitrogens is 2. The number of nitrogens with zero attached hydrogens (tertiary/aromatic N) is 3. The Kier molecular flexibility index (Phi) is 5.02. The molecule has 1 aromatic heterocycles. The number of aromatic amines is 1. The summed E-state index contributed by atoms with van der Waals surface area (Å²) in [5.41, 5.74) is 1.47. The van der Waals surface area contributed by atoms with Gasteiger partial charge in [-0.2, -0.15) is 0 Å². The Balaban J connectivity index is 1.64. The molecule has 0 aliphatic carbocycles. The number of halogens is 1. The zero-order valence-electron chi connectivity index (χ0n) is 16.2. The third-order valence-electron chi connectivity index (χ3n) is 5.78. The van der Waals surface area contributed by atoms with Crippen LogP contribution in [0.15, 0.2) is 29.1 Å². The van der Waals surface area contributed by atoms with Gasteiger partial charge >= 0.3 is 0 Å². The van der Waals surface area contributed by atoms with E-state index in [9.17, 15) is 14.0 Å². The summed E-state index contributed by atoms with van der Waals surface area (Å²) >= 11 is 0. The number of H-pyrrole nitrogens is 1. The maximum atomic E-state index is 14.1. The first-order chi connectivity index (χ1) is 13.5. The van der Waals surface area contributed by atoms with Crippen molar-refractivity contribution >= 4 is 5.91 Å². The number of carbonyl (C=O) groups excluding carboxylic acids is 1. The fourth-order valence-corrected chi connectivity index (χ4v) is 4.15.